The van der Waals surface area contributed by atoms with Gasteiger partial charge in [-0.2, -0.15) is 0 Å². The number of benzene rings is 1. The second-order valence-corrected chi connectivity index (χ2v) is 4.59. The summed E-state index contributed by atoms with van der Waals surface area (Å²) in [6, 6.07) is 7.83. The van der Waals surface area contributed by atoms with Gasteiger partial charge in [0.2, 0.25) is 0 Å². The van der Waals surface area contributed by atoms with Crippen molar-refractivity contribution in [3.8, 4) is 11.5 Å². The van der Waals surface area contributed by atoms with Gasteiger partial charge in [0.15, 0.2) is 11.5 Å². The van der Waals surface area contributed by atoms with Crippen molar-refractivity contribution < 1.29 is 14.2 Å². The maximum Gasteiger partial charge on any atom is 0.161 e. The highest BCUT2D eigenvalue weighted by Gasteiger charge is 2.22. The van der Waals surface area contributed by atoms with E-state index in [1.54, 1.807) is 0 Å². The molecule has 1 aromatic carbocycles. The van der Waals surface area contributed by atoms with Crippen molar-refractivity contribution in [1.82, 2.24) is 4.90 Å². The fourth-order valence-corrected chi connectivity index (χ4v) is 2.16. The van der Waals surface area contributed by atoms with Crippen LogP contribution in [0.25, 0.3) is 0 Å². The molecule has 1 unspecified atom stereocenters. The maximum absolute atomic E-state index is 5.96. The van der Waals surface area contributed by atoms with Crippen LogP contribution in [0.15, 0.2) is 24.3 Å². The van der Waals surface area contributed by atoms with Crippen LogP contribution in [0.4, 0.5) is 0 Å². The first-order valence-electron chi connectivity index (χ1n) is 7.02. The summed E-state index contributed by atoms with van der Waals surface area (Å²) in [6.07, 6.45) is 0.0940. The zero-order chi connectivity index (χ0) is 13.5. The summed E-state index contributed by atoms with van der Waals surface area (Å²) in [5.41, 5.74) is 0. The molecule has 0 spiro atoms. The third kappa shape index (κ3) is 4.11. The largest absolute Gasteiger partial charge is 0.486 e. The molecule has 1 heterocycles. The summed E-state index contributed by atoms with van der Waals surface area (Å²) in [6.45, 7) is 9.14. The number of nitrogens with zero attached hydrogens (tertiary/aromatic N) is 1. The first-order chi connectivity index (χ1) is 9.33. The monoisotopic (exact) mass is 265 g/mol. The minimum Gasteiger partial charge on any atom is -0.486 e. The highest BCUT2D eigenvalue weighted by molar-refractivity contribution is 5.40. The van der Waals surface area contributed by atoms with Gasteiger partial charge in [-0.25, -0.2) is 0 Å². The van der Waals surface area contributed by atoms with Crippen molar-refractivity contribution in [3.05, 3.63) is 24.3 Å². The fraction of sp³-hybridized carbons (Fsp3) is 0.600. The Bertz CT molecular complexity index is 383. The number of hydrogen-bond acceptors (Lipinski definition) is 4. The summed E-state index contributed by atoms with van der Waals surface area (Å²) in [5, 5.41) is 0. The van der Waals surface area contributed by atoms with Crippen LogP contribution in [0.1, 0.15) is 13.8 Å². The van der Waals surface area contributed by atoms with Crippen molar-refractivity contribution in [1.29, 1.82) is 0 Å². The van der Waals surface area contributed by atoms with E-state index in [0.717, 1.165) is 44.3 Å². The lowest BCUT2D eigenvalue weighted by Gasteiger charge is -2.30. The van der Waals surface area contributed by atoms with E-state index in [2.05, 4.69) is 11.8 Å². The van der Waals surface area contributed by atoms with E-state index in [0.29, 0.717) is 6.61 Å². The van der Waals surface area contributed by atoms with Crippen LogP contribution in [0.3, 0.4) is 0 Å². The topological polar surface area (TPSA) is 30.9 Å². The lowest BCUT2D eigenvalue weighted by atomic mass is 10.2. The predicted octanol–water partition coefficient (Wildman–Crippen LogP) is 2.18. The second kappa shape index (κ2) is 7.36. The van der Waals surface area contributed by atoms with E-state index in [9.17, 15) is 0 Å². The number of ether oxygens (including phenoxy) is 3. The molecule has 1 aliphatic heterocycles. The molecule has 19 heavy (non-hydrogen) atoms. The van der Waals surface area contributed by atoms with Gasteiger partial charge < -0.3 is 14.2 Å². The van der Waals surface area contributed by atoms with E-state index >= 15 is 0 Å². The SMILES string of the molecule is CCOCCN(CC)CC1COc2ccccc2O1. The van der Waals surface area contributed by atoms with Gasteiger partial charge >= 0.3 is 0 Å². The third-order valence-corrected chi connectivity index (χ3v) is 3.23. The molecule has 106 valence electrons. The second-order valence-electron chi connectivity index (χ2n) is 4.59. The average molecular weight is 265 g/mol. The summed E-state index contributed by atoms with van der Waals surface area (Å²) < 4.78 is 17.1. The van der Waals surface area contributed by atoms with E-state index in [1.165, 1.54) is 0 Å². The number of fused-ring (bicyclic) bond motifs is 1. The minimum atomic E-state index is 0.0940. The molecule has 1 atom stereocenters. The smallest absolute Gasteiger partial charge is 0.161 e. The molecule has 0 radical (unpaired) electrons. The molecule has 0 saturated heterocycles. The molecule has 0 fully saturated rings. The predicted molar refractivity (Wildman–Crippen MR) is 75.0 cm³/mol. The van der Waals surface area contributed by atoms with Gasteiger partial charge in [0.05, 0.1) is 6.61 Å². The summed E-state index contributed by atoms with van der Waals surface area (Å²) in [4.78, 5) is 2.33. The van der Waals surface area contributed by atoms with E-state index in [4.69, 9.17) is 14.2 Å². The quantitative estimate of drug-likeness (QED) is 0.707. The van der Waals surface area contributed by atoms with E-state index in [1.807, 2.05) is 31.2 Å². The number of hydrogen-bond donors (Lipinski definition) is 0. The zero-order valence-corrected chi connectivity index (χ0v) is 11.8. The van der Waals surface area contributed by atoms with Crippen LogP contribution < -0.4 is 9.47 Å². The lowest BCUT2D eigenvalue weighted by molar-refractivity contribution is 0.0473. The standard InChI is InChI=1S/C15H23NO3/c1-3-16(9-10-17-4-2)11-13-12-18-14-7-5-6-8-15(14)19-13/h5-8,13H,3-4,9-12H2,1-2H3. The first-order valence-corrected chi connectivity index (χ1v) is 7.02. The van der Waals surface area contributed by atoms with E-state index in [-0.39, 0.29) is 6.10 Å². The Morgan fingerprint density at radius 1 is 1.26 bits per heavy atom. The molecule has 0 saturated carbocycles. The zero-order valence-electron chi connectivity index (χ0n) is 11.8. The lowest BCUT2D eigenvalue weighted by Crippen LogP contribution is -2.42. The van der Waals surface area contributed by atoms with Crippen LogP contribution >= 0.6 is 0 Å². The van der Waals surface area contributed by atoms with Crippen LogP contribution in [0.5, 0.6) is 11.5 Å². The molecule has 0 N–H and O–H groups in total. The Balaban J connectivity index is 1.83. The minimum absolute atomic E-state index is 0.0940. The number of likely N-dealkylation sites (N-methyl/N-ethyl adjacent to an activating group) is 1. The average Bonchev–Trinajstić information content (AvgIpc) is 2.46. The van der Waals surface area contributed by atoms with Gasteiger partial charge in [-0.3, -0.25) is 4.90 Å². The Labute approximate surface area is 115 Å². The van der Waals surface area contributed by atoms with Crippen molar-refractivity contribution in [2.45, 2.75) is 20.0 Å². The van der Waals surface area contributed by atoms with Crippen molar-refractivity contribution >= 4 is 0 Å². The molecular weight excluding hydrogens is 242 g/mol. The molecule has 0 bridgehead atoms. The van der Waals surface area contributed by atoms with Gasteiger partial charge in [-0.15, -0.1) is 0 Å². The molecule has 4 nitrogen and oxygen atoms in total. The maximum atomic E-state index is 5.96. The van der Waals surface area contributed by atoms with Crippen molar-refractivity contribution in [2.75, 3.05) is 39.5 Å². The number of para-hydroxylation sites is 2. The van der Waals surface area contributed by atoms with Gasteiger partial charge in [0.25, 0.3) is 0 Å². The Morgan fingerprint density at radius 3 is 2.79 bits per heavy atom. The molecule has 2 rings (SSSR count). The first kappa shape index (κ1) is 14.2. The van der Waals surface area contributed by atoms with Crippen LogP contribution in [0.2, 0.25) is 0 Å². The van der Waals surface area contributed by atoms with E-state index < -0.39 is 0 Å². The fourth-order valence-electron chi connectivity index (χ4n) is 2.16. The summed E-state index contributed by atoms with van der Waals surface area (Å²) in [7, 11) is 0. The summed E-state index contributed by atoms with van der Waals surface area (Å²) in [5.74, 6) is 1.69. The Hall–Kier alpha value is -1.26. The third-order valence-electron chi connectivity index (χ3n) is 3.23. The Morgan fingerprint density at radius 2 is 2.05 bits per heavy atom. The Kier molecular flexibility index (Phi) is 5.48. The van der Waals surface area contributed by atoms with Gasteiger partial charge in [0.1, 0.15) is 12.7 Å². The van der Waals surface area contributed by atoms with Crippen molar-refractivity contribution in [2.24, 2.45) is 0 Å². The van der Waals surface area contributed by atoms with Gasteiger partial charge in [-0.05, 0) is 25.6 Å². The number of rotatable bonds is 7. The molecule has 1 aromatic rings. The normalized spacial score (nSPS) is 17.7. The highest BCUT2D eigenvalue weighted by atomic mass is 16.6. The highest BCUT2D eigenvalue weighted by Crippen LogP contribution is 2.30. The molecule has 0 amide bonds. The molecule has 0 aliphatic carbocycles. The molecular formula is C15H23NO3. The van der Waals surface area contributed by atoms with Gasteiger partial charge in [-0.1, -0.05) is 19.1 Å². The van der Waals surface area contributed by atoms with Gasteiger partial charge in [0, 0.05) is 19.7 Å². The molecule has 1 aliphatic rings. The summed E-state index contributed by atoms with van der Waals surface area (Å²) >= 11 is 0. The van der Waals surface area contributed by atoms with Crippen LogP contribution in [0, 0.1) is 0 Å². The molecule has 4 heteroatoms. The molecule has 0 aromatic heterocycles. The van der Waals surface area contributed by atoms with Crippen LogP contribution in [-0.4, -0.2) is 50.5 Å². The van der Waals surface area contributed by atoms with Crippen LogP contribution in [-0.2, 0) is 4.74 Å². The van der Waals surface area contributed by atoms with Crippen molar-refractivity contribution in [3.63, 3.8) is 0 Å².